The highest BCUT2D eigenvalue weighted by atomic mass is 32.1. The van der Waals surface area contributed by atoms with Crippen LogP contribution in [0.25, 0.3) is 0 Å². The van der Waals surface area contributed by atoms with E-state index in [9.17, 15) is 4.79 Å². The van der Waals surface area contributed by atoms with Gasteiger partial charge in [0.1, 0.15) is 29.2 Å². The molecule has 7 heteroatoms. The van der Waals surface area contributed by atoms with Crippen molar-refractivity contribution < 1.29 is 19.2 Å². The van der Waals surface area contributed by atoms with Gasteiger partial charge in [-0.25, -0.2) is 0 Å². The maximum atomic E-state index is 12.9. The van der Waals surface area contributed by atoms with E-state index in [4.69, 9.17) is 9.47 Å². The van der Waals surface area contributed by atoms with Crippen LogP contribution in [-0.4, -0.2) is 32.7 Å². The Morgan fingerprint density at radius 1 is 1.22 bits per heavy atom. The third-order valence-corrected chi connectivity index (χ3v) is 6.68. The van der Waals surface area contributed by atoms with E-state index in [1.807, 2.05) is 18.2 Å². The number of thiophene rings is 1. The highest BCUT2D eigenvalue weighted by Gasteiger charge is 2.35. The Balaban J connectivity index is 1.66. The molecule has 0 bridgehead atoms. The predicted octanol–water partition coefficient (Wildman–Crippen LogP) is 1.97. The zero-order valence-corrected chi connectivity index (χ0v) is 17.0. The molecule has 1 aromatic heterocycles. The second kappa shape index (κ2) is 7.05. The molecule has 1 unspecified atom stereocenters. The molecule has 27 heavy (non-hydrogen) atoms. The van der Waals surface area contributed by atoms with Gasteiger partial charge < -0.3 is 25.0 Å². The van der Waals surface area contributed by atoms with Gasteiger partial charge in [0, 0.05) is 18.1 Å². The summed E-state index contributed by atoms with van der Waals surface area (Å²) in [6, 6.07) is 6.24. The Hall–Kier alpha value is -2.25. The topological polar surface area (TPSA) is 64.0 Å². The molecule has 0 spiro atoms. The van der Waals surface area contributed by atoms with Crippen molar-refractivity contribution in [2.75, 3.05) is 26.1 Å². The quantitative estimate of drug-likeness (QED) is 0.749. The van der Waals surface area contributed by atoms with Gasteiger partial charge in [0.15, 0.2) is 0 Å². The number of hydrogen-bond acceptors (Lipinski definition) is 5. The van der Waals surface area contributed by atoms with Gasteiger partial charge in [0.2, 0.25) is 0 Å². The van der Waals surface area contributed by atoms with Gasteiger partial charge in [0.25, 0.3) is 5.91 Å². The maximum Gasteiger partial charge on any atom is 0.256 e. The van der Waals surface area contributed by atoms with Crippen molar-refractivity contribution in [3.05, 3.63) is 39.8 Å². The van der Waals surface area contributed by atoms with Crippen LogP contribution in [0.3, 0.4) is 0 Å². The second-order valence-corrected chi connectivity index (χ2v) is 8.46. The van der Waals surface area contributed by atoms with Gasteiger partial charge in [-0.1, -0.05) is 0 Å². The zero-order chi connectivity index (χ0) is 19.1. The lowest BCUT2D eigenvalue weighted by molar-refractivity contribution is -0.936. The normalized spacial score (nSPS) is 21.1. The van der Waals surface area contributed by atoms with E-state index in [1.165, 1.54) is 10.4 Å². The number of nitrogens with one attached hydrogen (secondary N) is 3. The Morgan fingerprint density at radius 2 is 2.04 bits per heavy atom. The average Bonchev–Trinajstić information content (AvgIpc) is 3.05. The number of ether oxygens (including phenoxy) is 2. The van der Waals surface area contributed by atoms with E-state index in [2.05, 4.69) is 24.5 Å². The van der Waals surface area contributed by atoms with Crippen molar-refractivity contribution in [3.63, 3.8) is 0 Å². The number of quaternary nitrogens is 1. The molecule has 3 N–H and O–H groups in total. The van der Waals surface area contributed by atoms with Gasteiger partial charge in [-0.3, -0.25) is 4.79 Å². The molecule has 4 rings (SSSR count). The van der Waals surface area contributed by atoms with E-state index < -0.39 is 0 Å². The lowest BCUT2D eigenvalue weighted by Gasteiger charge is -2.29. The number of methoxy groups -OCH3 is 2. The lowest BCUT2D eigenvalue weighted by Crippen LogP contribution is -3.14. The number of carbonyl (C=O) groups excluding carboxylic acids is 1. The molecule has 0 fully saturated rings. The third-order valence-electron chi connectivity index (χ3n) is 5.52. The first kappa shape index (κ1) is 18.1. The van der Waals surface area contributed by atoms with Crippen LogP contribution < -0.4 is 25.0 Å². The summed E-state index contributed by atoms with van der Waals surface area (Å²) in [6.45, 7) is 6.59. The maximum absolute atomic E-state index is 12.9. The molecule has 3 heterocycles. The minimum atomic E-state index is -0.320. The zero-order valence-electron chi connectivity index (χ0n) is 16.1. The van der Waals surface area contributed by atoms with Gasteiger partial charge >= 0.3 is 0 Å². The summed E-state index contributed by atoms with van der Waals surface area (Å²) < 4.78 is 10.8. The van der Waals surface area contributed by atoms with Crippen molar-refractivity contribution in [1.82, 2.24) is 5.32 Å². The highest BCUT2D eigenvalue weighted by Crippen LogP contribution is 2.40. The summed E-state index contributed by atoms with van der Waals surface area (Å²) in [5.41, 5.74) is 2.95. The van der Waals surface area contributed by atoms with Gasteiger partial charge in [-0.2, -0.15) is 0 Å². The molecule has 0 radical (unpaired) electrons. The number of anilines is 1. The smallest absolute Gasteiger partial charge is 0.256 e. The number of hydrogen-bond donors (Lipinski definition) is 3. The molecule has 0 saturated carbocycles. The average molecular weight is 389 g/mol. The van der Waals surface area contributed by atoms with E-state index in [0.717, 1.165) is 41.4 Å². The minimum Gasteiger partial charge on any atom is -0.497 e. The largest absolute Gasteiger partial charge is 0.497 e. The van der Waals surface area contributed by atoms with Crippen molar-refractivity contribution >= 4 is 22.2 Å². The van der Waals surface area contributed by atoms with E-state index >= 15 is 0 Å². The summed E-state index contributed by atoms with van der Waals surface area (Å²) in [7, 11) is 3.25. The molecular formula is C20H26N3O3S+. The summed E-state index contributed by atoms with van der Waals surface area (Å²) in [5.74, 6) is 1.41. The Morgan fingerprint density at radius 3 is 2.74 bits per heavy atom. The predicted molar refractivity (Wildman–Crippen MR) is 106 cm³/mol. The van der Waals surface area contributed by atoms with Gasteiger partial charge in [-0.15, -0.1) is 11.3 Å². The molecule has 2 aliphatic rings. The standard InChI is InChI=1S/C20H25N3O3S/c1-11(2)23-8-7-14-16(10-23)27-20-17(14)19(24)21-18(22-20)13-6-5-12(25-3)9-15(13)26-4/h5-6,9,11,18,22H,7-8,10H2,1-4H3,(H,21,24)/p+1/t18-/m1/s1. The van der Waals surface area contributed by atoms with Crippen LogP contribution >= 0.6 is 11.3 Å². The first-order valence-electron chi connectivity index (χ1n) is 9.30. The summed E-state index contributed by atoms with van der Waals surface area (Å²) in [5, 5.41) is 7.58. The minimum absolute atomic E-state index is 0.00267. The van der Waals surface area contributed by atoms with Crippen LogP contribution in [0.15, 0.2) is 18.2 Å². The van der Waals surface area contributed by atoms with Gasteiger partial charge in [-0.05, 0) is 31.5 Å². The van der Waals surface area contributed by atoms with E-state index in [-0.39, 0.29) is 12.1 Å². The molecule has 2 atom stereocenters. The van der Waals surface area contributed by atoms with Crippen LogP contribution in [0, 0.1) is 0 Å². The first-order chi connectivity index (χ1) is 13.0. The number of fused-ring (bicyclic) bond motifs is 3. The molecule has 2 aliphatic heterocycles. The van der Waals surface area contributed by atoms with Crippen molar-refractivity contribution in [1.29, 1.82) is 0 Å². The first-order valence-corrected chi connectivity index (χ1v) is 10.1. The fourth-order valence-electron chi connectivity index (χ4n) is 3.92. The molecule has 0 aliphatic carbocycles. The number of carbonyl (C=O) groups is 1. The number of rotatable bonds is 4. The Labute approximate surface area is 163 Å². The van der Waals surface area contributed by atoms with Crippen molar-refractivity contribution in [2.24, 2.45) is 0 Å². The molecule has 2 aromatic rings. The fraction of sp³-hybridized carbons (Fsp3) is 0.450. The molecule has 144 valence electrons. The van der Waals surface area contributed by atoms with Crippen LogP contribution in [-0.2, 0) is 13.0 Å². The third kappa shape index (κ3) is 3.15. The molecular weight excluding hydrogens is 362 g/mol. The second-order valence-electron chi connectivity index (χ2n) is 7.36. The number of benzene rings is 1. The summed E-state index contributed by atoms with van der Waals surface area (Å²) in [4.78, 5) is 15.8. The van der Waals surface area contributed by atoms with Gasteiger partial charge in [0.05, 0.1) is 37.2 Å². The van der Waals surface area contributed by atoms with Crippen LogP contribution in [0.5, 0.6) is 11.5 Å². The summed E-state index contributed by atoms with van der Waals surface area (Å²) in [6.07, 6.45) is 0.639. The fourth-order valence-corrected chi connectivity index (χ4v) is 5.24. The number of amides is 1. The Bertz CT molecular complexity index is 878. The molecule has 0 saturated heterocycles. The van der Waals surface area contributed by atoms with Crippen LogP contribution in [0.4, 0.5) is 5.00 Å². The SMILES string of the molecule is COc1ccc([C@@H]2NC(=O)c3c(sc4c3CC[NH+](C(C)C)C4)N2)c(OC)c1. The summed E-state index contributed by atoms with van der Waals surface area (Å²) >= 11 is 1.72. The molecule has 1 amide bonds. The monoisotopic (exact) mass is 388 g/mol. The van der Waals surface area contributed by atoms with E-state index in [1.54, 1.807) is 30.5 Å². The van der Waals surface area contributed by atoms with Crippen molar-refractivity contribution in [2.45, 2.75) is 39.0 Å². The van der Waals surface area contributed by atoms with Crippen molar-refractivity contribution in [3.8, 4) is 11.5 Å². The Kier molecular flexibility index (Phi) is 4.74. The highest BCUT2D eigenvalue weighted by molar-refractivity contribution is 7.16. The molecule has 6 nitrogen and oxygen atoms in total. The van der Waals surface area contributed by atoms with Crippen LogP contribution in [0.2, 0.25) is 0 Å². The lowest BCUT2D eigenvalue weighted by atomic mass is 9.99. The van der Waals surface area contributed by atoms with E-state index in [0.29, 0.717) is 11.8 Å². The molecule has 1 aromatic carbocycles. The van der Waals surface area contributed by atoms with Crippen LogP contribution in [0.1, 0.15) is 46.4 Å².